The van der Waals surface area contributed by atoms with Crippen molar-refractivity contribution >= 4 is 56.2 Å². The molecule has 0 aliphatic carbocycles. The standard InChI is InChI=1S/C38H36N2O6S2/c1-39-35(23-31(33-19-9-21-47-33)43-29-17-7-13-25-11-3-5-15-27(25)29)45-37(41)38(42)46-36(40-2)24-32(34-20-10-22-48-34)44-30-18-8-14-26-12-4-6-16-28(26)30/h3-22,31-32,35-36,39-40H,23-24H2,1-2H3/t31-,32-,35?,36?/m0/s1. The number of rotatable bonds is 14. The lowest BCUT2D eigenvalue weighted by atomic mass is 10.1. The molecule has 2 aromatic heterocycles. The van der Waals surface area contributed by atoms with Crippen molar-refractivity contribution < 1.29 is 28.5 Å². The molecule has 246 valence electrons. The van der Waals surface area contributed by atoms with Crippen LogP contribution in [-0.4, -0.2) is 38.5 Å². The minimum atomic E-state index is -1.10. The number of fused-ring (bicyclic) bond motifs is 2. The van der Waals surface area contributed by atoms with Crippen LogP contribution in [-0.2, 0) is 19.1 Å². The van der Waals surface area contributed by atoms with E-state index >= 15 is 0 Å². The highest BCUT2D eigenvalue weighted by Gasteiger charge is 2.30. The van der Waals surface area contributed by atoms with Gasteiger partial charge in [-0.25, -0.2) is 9.59 Å². The SMILES string of the molecule is CNC(C[C@H](Oc1cccc2ccccc12)c1cccs1)OC(=O)C(=O)OC(C[C@H](Oc1cccc2ccccc12)c1cccs1)NC. The molecule has 0 bridgehead atoms. The van der Waals surface area contributed by atoms with Gasteiger partial charge in [0.25, 0.3) is 0 Å². The third kappa shape index (κ3) is 8.03. The van der Waals surface area contributed by atoms with Crippen LogP contribution in [0.4, 0.5) is 0 Å². The van der Waals surface area contributed by atoms with E-state index in [1.165, 1.54) is 0 Å². The Morgan fingerprint density at radius 2 is 0.979 bits per heavy atom. The number of thiophene rings is 2. The Morgan fingerprint density at radius 1 is 0.562 bits per heavy atom. The molecule has 0 saturated heterocycles. The summed E-state index contributed by atoms with van der Waals surface area (Å²) >= 11 is 3.09. The number of hydrogen-bond donors (Lipinski definition) is 2. The van der Waals surface area contributed by atoms with E-state index in [0.29, 0.717) is 0 Å². The van der Waals surface area contributed by atoms with Gasteiger partial charge in [-0.15, -0.1) is 22.7 Å². The molecule has 0 fully saturated rings. The number of ether oxygens (including phenoxy) is 4. The molecule has 0 spiro atoms. The Hall–Kier alpha value is -4.74. The minimum Gasteiger partial charge on any atom is -0.484 e. The second kappa shape index (κ2) is 15.9. The Balaban J connectivity index is 1.12. The quantitative estimate of drug-likeness (QED) is 0.0679. The van der Waals surface area contributed by atoms with Crippen LogP contribution in [0, 0.1) is 0 Å². The van der Waals surface area contributed by atoms with E-state index in [2.05, 4.69) is 10.6 Å². The molecule has 48 heavy (non-hydrogen) atoms. The number of carbonyl (C=O) groups is 2. The van der Waals surface area contributed by atoms with Crippen molar-refractivity contribution in [3.05, 3.63) is 130 Å². The molecule has 0 amide bonds. The van der Waals surface area contributed by atoms with Crippen molar-refractivity contribution in [3.63, 3.8) is 0 Å². The predicted molar refractivity (Wildman–Crippen MR) is 190 cm³/mol. The van der Waals surface area contributed by atoms with Crippen molar-refractivity contribution in [3.8, 4) is 11.5 Å². The second-order valence-corrected chi connectivity index (χ2v) is 13.0. The number of carbonyl (C=O) groups excluding carboxylic acids is 2. The second-order valence-electron chi connectivity index (χ2n) is 11.0. The maximum Gasteiger partial charge on any atom is 0.419 e. The molecule has 4 aromatic carbocycles. The van der Waals surface area contributed by atoms with Crippen LogP contribution in [0.3, 0.4) is 0 Å². The van der Waals surface area contributed by atoms with Crippen LogP contribution in [0.5, 0.6) is 11.5 Å². The highest BCUT2D eigenvalue weighted by atomic mass is 32.1. The van der Waals surface area contributed by atoms with Gasteiger partial charge in [-0.3, -0.25) is 10.6 Å². The molecular weight excluding hydrogens is 645 g/mol. The zero-order valence-electron chi connectivity index (χ0n) is 26.5. The molecule has 0 radical (unpaired) electrons. The highest BCUT2D eigenvalue weighted by molar-refractivity contribution is 7.10. The van der Waals surface area contributed by atoms with Gasteiger partial charge in [0.2, 0.25) is 0 Å². The van der Waals surface area contributed by atoms with Gasteiger partial charge >= 0.3 is 11.9 Å². The lowest BCUT2D eigenvalue weighted by Crippen LogP contribution is -2.39. The zero-order chi connectivity index (χ0) is 33.3. The molecule has 0 aliphatic rings. The van der Waals surface area contributed by atoms with E-state index < -0.39 is 36.6 Å². The molecule has 4 atom stereocenters. The van der Waals surface area contributed by atoms with E-state index in [1.54, 1.807) is 36.8 Å². The fraction of sp³-hybridized carbons (Fsp3) is 0.211. The van der Waals surface area contributed by atoms with Gasteiger partial charge in [-0.2, -0.15) is 0 Å². The number of benzene rings is 4. The van der Waals surface area contributed by atoms with Crippen molar-refractivity contribution in [2.24, 2.45) is 0 Å². The summed E-state index contributed by atoms with van der Waals surface area (Å²) in [5, 5.41) is 14.0. The molecule has 6 aromatic rings. The lowest BCUT2D eigenvalue weighted by Gasteiger charge is -2.25. The third-order valence-electron chi connectivity index (χ3n) is 7.92. The summed E-state index contributed by atoms with van der Waals surface area (Å²) in [6.07, 6.45) is -2.02. The van der Waals surface area contributed by atoms with Crippen molar-refractivity contribution in [2.45, 2.75) is 37.5 Å². The molecule has 8 nitrogen and oxygen atoms in total. The minimum absolute atomic E-state index is 0.258. The summed E-state index contributed by atoms with van der Waals surface area (Å²) in [5.74, 6) is -0.774. The van der Waals surface area contributed by atoms with E-state index in [-0.39, 0.29) is 12.8 Å². The van der Waals surface area contributed by atoms with Crippen LogP contribution < -0.4 is 20.1 Å². The van der Waals surface area contributed by atoms with Crippen molar-refractivity contribution in [1.82, 2.24) is 10.6 Å². The van der Waals surface area contributed by atoms with Crippen LogP contribution in [0.2, 0.25) is 0 Å². The first-order valence-corrected chi connectivity index (χ1v) is 17.4. The van der Waals surface area contributed by atoms with Gasteiger partial charge in [0.1, 0.15) is 23.7 Å². The number of nitrogens with one attached hydrogen (secondary N) is 2. The Morgan fingerprint density at radius 3 is 1.38 bits per heavy atom. The first kappa shape index (κ1) is 33.2. The largest absolute Gasteiger partial charge is 0.484 e. The van der Waals surface area contributed by atoms with E-state index in [0.717, 1.165) is 42.8 Å². The summed E-state index contributed by atoms with van der Waals surface area (Å²) in [6.45, 7) is 0. The first-order chi connectivity index (χ1) is 23.5. The van der Waals surface area contributed by atoms with E-state index in [4.69, 9.17) is 18.9 Å². The Labute approximate surface area is 287 Å². The maximum atomic E-state index is 13.1. The average molecular weight is 681 g/mol. The Kier molecular flexibility index (Phi) is 11.0. The number of esters is 2. The Bertz CT molecular complexity index is 1790. The molecule has 2 N–H and O–H groups in total. The molecule has 2 unspecified atom stereocenters. The van der Waals surface area contributed by atoms with Crippen LogP contribution in [0.15, 0.2) is 120 Å². The van der Waals surface area contributed by atoms with Crippen LogP contribution >= 0.6 is 22.7 Å². The monoisotopic (exact) mass is 680 g/mol. The van der Waals surface area contributed by atoms with Crippen molar-refractivity contribution in [2.75, 3.05) is 14.1 Å². The molecule has 2 heterocycles. The highest BCUT2D eigenvalue weighted by Crippen LogP contribution is 2.35. The molecule has 0 saturated carbocycles. The first-order valence-electron chi connectivity index (χ1n) is 15.6. The summed E-state index contributed by atoms with van der Waals surface area (Å²) < 4.78 is 24.3. The topological polar surface area (TPSA) is 95.1 Å². The van der Waals surface area contributed by atoms with Gasteiger partial charge in [0.05, 0.1) is 0 Å². The fourth-order valence-corrected chi connectivity index (χ4v) is 7.03. The fourth-order valence-electron chi connectivity index (χ4n) is 5.49. The molecule has 6 rings (SSSR count). The zero-order valence-corrected chi connectivity index (χ0v) is 28.2. The predicted octanol–water partition coefficient (Wildman–Crippen LogP) is 8.01. The number of hydrogen-bond acceptors (Lipinski definition) is 10. The molecule has 0 aliphatic heterocycles. The van der Waals surface area contributed by atoms with Gasteiger partial charge in [0, 0.05) is 33.4 Å². The molecule has 10 heteroatoms. The third-order valence-corrected chi connectivity index (χ3v) is 9.85. The van der Waals surface area contributed by atoms with E-state index in [9.17, 15) is 9.59 Å². The lowest BCUT2D eigenvalue weighted by molar-refractivity contribution is -0.177. The average Bonchev–Trinajstić information content (AvgIpc) is 3.86. The summed E-state index contributed by atoms with van der Waals surface area (Å²) in [6, 6.07) is 35.6. The van der Waals surface area contributed by atoms with Crippen LogP contribution in [0.25, 0.3) is 21.5 Å². The van der Waals surface area contributed by atoms with E-state index in [1.807, 2.05) is 120 Å². The smallest absolute Gasteiger partial charge is 0.419 e. The maximum absolute atomic E-state index is 13.1. The van der Waals surface area contributed by atoms with Gasteiger partial charge in [-0.1, -0.05) is 84.9 Å². The molecular formula is C38H36N2O6S2. The summed E-state index contributed by atoms with van der Waals surface area (Å²) in [4.78, 5) is 28.1. The van der Waals surface area contributed by atoms with Gasteiger partial charge in [0.15, 0.2) is 12.5 Å². The summed E-state index contributed by atoms with van der Waals surface area (Å²) in [5.41, 5.74) is 0. The van der Waals surface area contributed by atoms with Gasteiger partial charge < -0.3 is 18.9 Å². The van der Waals surface area contributed by atoms with Gasteiger partial charge in [-0.05, 0) is 59.9 Å². The normalized spacial score (nSPS) is 13.8. The summed E-state index contributed by atoms with van der Waals surface area (Å²) in [7, 11) is 3.33. The van der Waals surface area contributed by atoms with Crippen LogP contribution in [0.1, 0.15) is 34.8 Å². The van der Waals surface area contributed by atoms with Crippen molar-refractivity contribution in [1.29, 1.82) is 0 Å².